The Morgan fingerprint density at radius 3 is 0.676 bits per heavy atom. The van der Waals surface area contributed by atoms with Crippen LogP contribution in [0.5, 0.6) is 0 Å². The summed E-state index contributed by atoms with van der Waals surface area (Å²) in [6.45, 7) is 6.70. The SMILES string of the molecule is CCCCCCCCCC/C=C\CCCCCCCCCCCCCCCCCCCCCC(=O)OCC(COC(=O)CCCCCCCCCCCCC)OC(=O)CCCCCCCCCCCCCCCC. The van der Waals surface area contributed by atoms with Gasteiger partial charge in [0.15, 0.2) is 6.10 Å². The third-order valence-electron chi connectivity index (χ3n) is 15.5. The van der Waals surface area contributed by atoms with Crippen LogP contribution in [0.1, 0.15) is 387 Å². The molecule has 0 fully saturated rings. The summed E-state index contributed by atoms with van der Waals surface area (Å²) in [4.78, 5) is 38.2. The Kier molecular flexibility index (Phi) is 62.1. The lowest BCUT2D eigenvalue weighted by Gasteiger charge is -2.18. The summed E-state index contributed by atoms with van der Waals surface area (Å²) >= 11 is 0. The van der Waals surface area contributed by atoms with Crippen molar-refractivity contribution in [1.82, 2.24) is 0 Å². The standard InChI is InChI=1S/C68H130O6/c1-4-7-10-13-16-19-22-24-26-27-28-29-30-31-32-33-34-35-36-37-38-39-40-41-42-44-46-49-52-55-58-61-67(70)73-64-65(63-72-66(69)60-57-54-51-48-45-21-18-15-12-9-6-3)74-68(71)62-59-56-53-50-47-43-25-23-20-17-14-11-8-5-2/h27-28,65H,4-26,29-64H2,1-3H3/b28-27-. The zero-order valence-electron chi connectivity index (χ0n) is 50.4. The maximum Gasteiger partial charge on any atom is 0.306 e. The van der Waals surface area contributed by atoms with Crippen LogP contribution in [-0.2, 0) is 28.6 Å². The maximum absolute atomic E-state index is 12.9. The molecule has 6 nitrogen and oxygen atoms in total. The molecule has 6 heteroatoms. The molecule has 0 radical (unpaired) electrons. The molecule has 0 aliphatic carbocycles. The van der Waals surface area contributed by atoms with E-state index < -0.39 is 6.10 Å². The van der Waals surface area contributed by atoms with Crippen molar-refractivity contribution in [3.63, 3.8) is 0 Å². The summed E-state index contributed by atoms with van der Waals surface area (Å²) < 4.78 is 16.9. The molecule has 0 amide bonds. The van der Waals surface area contributed by atoms with Gasteiger partial charge in [-0.1, -0.05) is 335 Å². The van der Waals surface area contributed by atoms with Gasteiger partial charge in [0.05, 0.1) is 0 Å². The van der Waals surface area contributed by atoms with E-state index in [4.69, 9.17) is 14.2 Å². The number of allylic oxidation sites excluding steroid dienone is 2. The molecule has 438 valence electrons. The zero-order chi connectivity index (χ0) is 53.6. The molecule has 0 rings (SSSR count). The number of hydrogen-bond acceptors (Lipinski definition) is 6. The molecule has 74 heavy (non-hydrogen) atoms. The van der Waals surface area contributed by atoms with Gasteiger partial charge in [0.2, 0.25) is 0 Å². The largest absolute Gasteiger partial charge is 0.462 e. The van der Waals surface area contributed by atoms with E-state index in [1.165, 1.54) is 289 Å². The van der Waals surface area contributed by atoms with Crippen LogP contribution < -0.4 is 0 Å². The van der Waals surface area contributed by atoms with E-state index in [1.807, 2.05) is 0 Å². The molecule has 0 saturated heterocycles. The number of carbonyl (C=O) groups is 3. The summed E-state index contributed by atoms with van der Waals surface area (Å²) in [6.07, 6.45) is 75.3. The highest BCUT2D eigenvalue weighted by Gasteiger charge is 2.19. The fourth-order valence-electron chi connectivity index (χ4n) is 10.4. The fourth-order valence-corrected chi connectivity index (χ4v) is 10.4. The maximum atomic E-state index is 12.9. The van der Waals surface area contributed by atoms with Crippen LogP contribution in [0.25, 0.3) is 0 Å². The first-order valence-corrected chi connectivity index (χ1v) is 33.7. The van der Waals surface area contributed by atoms with Crippen LogP contribution in [0, 0.1) is 0 Å². The number of rotatable bonds is 63. The van der Waals surface area contributed by atoms with E-state index in [0.29, 0.717) is 19.3 Å². The van der Waals surface area contributed by atoms with Crippen LogP contribution in [0.3, 0.4) is 0 Å². The lowest BCUT2D eigenvalue weighted by Crippen LogP contribution is -2.30. The first-order valence-electron chi connectivity index (χ1n) is 33.7. The minimum absolute atomic E-state index is 0.0624. The van der Waals surface area contributed by atoms with Gasteiger partial charge >= 0.3 is 17.9 Å². The summed E-state index contributed by atoms with van der Waals surface area (Å²) in [5.74, 6) is -0.833. The lowest BCUT2D eigenvalue weighted by molar-refractivity contribution is -0.167. The smallest absolute Gasteiger partial charge is 0.306 e. The Morgan fingerprint density at radius 2 is 0.446 bits per heavy atom. The van der Waals surface area contributed by atoms with Crippen molar-refractivity contribution in [3.8, 4) is 0 Å². The molecule has 1 atom stereocenters. The molecule has 0 aliphatic heterocycles. The second kappa shape index (κ2) is 63.7. The van der Waals surface area contributed by atoms with E-state index in [2.05, 4.69) is 32.9 Å². The van der Waals surface area contributed by atoms with Gasteiger partial charge in [-0.25, -0.2) is 0 Å². The molecule has 0 bridgehead atoms. The highest BCUT2D eigenvalue weighted by atomic mass is 16.6. The van der Waals surface area contributed by atoms with Crippen LogP contribution in [-0.4, -0.2) is 37.2 Å². The Hall–Kier alpha value is -1.85. The molecular formula is C68H130O6. The summed E-state index contributed by atoms with van der Waals surface area (Å²) in [7, 11) is 0. The molecule has 0 aromatic heterocycles. The molecule has 0 aromatic carbocycles. The monoisotopic (exact) mass is 1040 g/mol. The van der Waals surface area contributed by atoms with Crippen molar-refractivity contribution in [1.29, 1.82) is 0 Å². The van der Waals surface area contributed by atoms with Gasteiger partial charge in [0.25, 0.3) is 0 Å². The number of ether oxygens (including phenoxy) is 3. The molecule has 0 heterocycles. The zero-order valence-corrected chi connectivity index (χ0v) is 50.4. The van der Waals surface area contributed by atoms with E-state index in [0.717, 1.165) is 57.8 Å². The van der Waals surface area contributed by atoms with Gasteiger partial charge in [-0.3, -0.25) is 14.4 Å². The first-order chi connectivity index (χ1) is 36.5. The lowest BCUT2D eigenvalue weighted by atomic mass is 10.0. The van der Waals surface area contributed by atoms with Crippen LogP contribution in [0.2, 0.25) is 0 Å². The van der Waals surface area contributed by atoms with Gasteiger partial charge in [-0.15, -0.1) is 0 Å². The Balaban J connectivity index is 4.04. The number of carbonyl (C=O) groups excluding carboxylic acids is 3. The molecule has 1 unspecified atom stereocenters. The van der Waals surface area contributed by atoms with Crippen molar-refractivity contribution < 1.29 is 28.6 Å². The second-order valence-corrected chi connectivity index (χ2v) is 23.1. The quantitative estimate of drug-likeness (QED) is 0.0261. The number of unbranched alkanes of at least 4 members (excludes halogenated alkanes) is 50. The Labute approximate surface area is 462 Å². The van der Waals surface area contributed by atoms with Crippen molar-refractivity contribution in [2.75, 3.05) is 13.2 Å². The molecule has 0 aromatic rings. The predicted molar refractivity (Wildman–Crippen MR) is 321 cm³/mol. The highest BCUT2D eigenvalue weighted by Crippen LogP contribution is 2.18. The summed E-state index contributed by atoms with van der Waals surface area (Å²) in [6, 6.07) is 0. The van der Waals surface area contributed by atoms with Gasteiger partial charge in [0, 0.05) is 19.3 Å². The van der Waals surface area contributed by atoms with Gasteiger partial charge < -0.3 is 14.2 Å². The second-order valence-electron chi connectivity index (χ2n) is 23.1. The van der Waals surface area contributed by atoms with E-state index in [1.54, 1.807) is 0 Å². The Morgan fingerprint density at radius 1 is 0.257 bits per heavy atom. The van der Waals surface area contributed by atoms with E-state index in [9.17, 15) is 14.4 Å². The van der Waals surface area contributed by atoms with Gasteiger partial charge in [0.1, 0.15) is 13.2 Å². The normalized spacial score (nSPS) is 12.0. The molecule has 0 saturated carbocycles. The van der Waals surface area contributed by atoms with Crippen LogP contribution >= 0.6 is 0 Å². The van der Waals surface area contributed by atoms with Crippen molar-refractivity contribution >= 4 is 17.9 Å². The van der Waals surface area contributed by atoms with Crippen molar-refractivity contribution in [2.45, 2.75) is 393 Å². The van der Waals surface area contributed by atoms with Crippen molar-refractivity contribution in [2.24, 2.45) is 0 Å². The molecule has 0 N–H and O–H groups in total. The predicted octanol–water partition coefficient (Wildman–Crippen LogP) is 22.8. The minimum Gasteiger partial charge on any atom is -0.462 e. The van der Waals surface area contributed by atoms with Crippen LogP contribution in [0.15, 0.2) is 12.2 Å². The summed E-state index contributed by atoms with van der Waals surface area (Å²) in [5.41, 5.74) is 0. The van der Waals surface area contributed by atoms with Gasteiger partial charge in [-0.05, 0) is 44.9 Å². The van der Waals surface area contributed by atoms with E-state index >= 15 is 0 Å². The third kappa shape index (κ3) is 61.0. The minimum atomic E-state index is -0.763. The number of esters is 3. The van der Waals surface area contributed by atoms with E-state index in [-0.39, 0.29) is 31.1 Å². The third-order valence-corrected chi connectivity index (χ3v) is 15.5. The Bertz CT molecular complexity index is 1150. The summed E-state index contributed by atoms with van der Waals surface area (Å²) in [5, 5.41) is 0. The molecular weight excluding hydrogens is 913 g/mol. The van der Waals surface area contributed by atoms with Crippen LogP contribution in [0.4, 0.5) is 0 Å². The molecule has 0 spiro atoms. The topological polar surface area (TPSA) is 78.9 Å². The van der Waals surface area contributed by atoms with Gasteiger partial charge in [-0.2, -0.15) is 0 Å². The average Bonchev–Trinajstić information content (AvgIpc) is 3.40. The number of hydrogen-bond donors (Lipinski definition) is 0. The average molecular weight is 1040 g/mol. The molecule has 0 aliphatic rings. The van der Waals surface area contributed by atoms with Crippen molar-refractivity contribution in [3.05, 3.63) is 12.2 Å². The first kappa shape index (κ1) is 72.2. The highest BCUT2D eigenvalue weighted by molar-refractivity contribution is 5.71. The fraction of sp³-hybridized carbons (Fsp3) is 0.926.